The second kappa shape index (κ2) is 4.46. The highest BCUT2D eigenvalue weighted by atomic mass is 32.2. The third kappa shape index (κ3) is 2.57. The molecule has 78 valence electrons. The molecule has 4 nitrogen and oxygen atoms in total. The highest BCUT2D eigenvalue weighted by molar-refractivity contribution is 7.99. The van der Waals surface area contributed by atoms with Gasteiger partial charge in [0.25, 0.3) is 0 Å². The number of hydrogen-bond acceptors (Lipinski definition) is 4. The van der Waals surface area contributed by atoms with E-state index < -0.39 is 6.10 Å². The molecule has 0 amide bonds. The van der Waals surface area contributed by atoms with Gasteiger partial charge >= 0.3 is 0 Å². The smallest absolute Gasteiger partial charge is 0.188 e. The van der Waals surface area contributed by atoms with Crippen LogP contribution in [0, 0.1) is 0 Å². The van der Waals surface area contributed by atoms with Crippen molar-refractivity contribution in [3.05, 3.63) is 36.2 Å². The van der Waals surface area contributed by atoms with E-state index in [1.165, 1.54) is 18.1 Å². The zero-order valence-electron chi connectivity index (χ0n) is 8.21. The Morgan fingerprint density at radius 3 is 2.60 bits per heavy atom. The lowest BCUT2D eigenvalue weighted by molar-refractivity contribution is 0.199. The quantitative estimate of drug-likeness (QED) is 0.832. The number of benzene rings is 1. The Morgan fingerprint density at radius 1 is 1.33 bits per heavy atom. The van der Waals surface area contributed by atoms with Crippen LogP contribution < -0.4 is 0 Å². The number of aliphatic hydroxyl groups excluding tert-OH is 1. The molecule has 2 rings (SSSR count). The summed E-state index contributed by atoms with van der Waals surface area (Å²) < 4.78 is 0. The number of aromatic nitrogens is 3. The van der Waals surface area contributed by atoms with Crippen LogP contribution in [-0.4, -0.2) is 20.3 Å². The third-order valence-corrected chi connectivity index (χ3v) is 2.87. The average Bonchev–Trinajstić information content (AvgIpc) is 2.71. The van der Waals surface area contributed by atoms with Crippen LogP contribution in [0.5, 0.6) is 0 Å². The fraction of sp³-hybridized carbons (Fsp3) is 0.200. The van der Waals surface area contributed by atoms with Crippen LogP contribution in [0.4, 0.5) is 0 Å². The minimum atomic E-state index is -0.422. The first kappa shape index (κ1) is 10.2. The van der Waals surface area contributed by atoms with Crippen LogP contribution in [0.15, 0.2) is 40.6 Å². The molecule has 1 aromatic carbocycles. The fourth-order valence-corrected chi connectivity index (χ4v) is 1.86. The summed E-state index contributed by atoms with van der Waals surface area (Å²) in [6.07, 6.45) is 1.06. The molecule has 1 aromatic heterocycles. The minimum absolute atomic E-state index is 0.422. The third-order valence-electron chi connectivity index (χ3n) is 1.97. The summed E-state index contributed by atoms with van der Waals surface area (Å²) in [6, 6.07) is 7.72. The van der Waals surface area contributed by atoms with Crippen molar-refractivity contribution in [3.8, 4) is 0 Å². The van der Waals surface area contributed by atoms with Crippen LogP contribution in [0.3, 0.4) is 0 Å². The summed E-state index contributed by atoms with van der Waals surface area (Å²) >= 11 is 1.50. The molecule has 0 saturated heterocycles. The molecule has 0 aliphatic carbocycles. The highest BCUT2D eigenvalue weighted by Gasteiger charge is 2.02. The number of nitrogens with one attached hydrogen (secondary N) is 1. The Labute approximate surface area is 91.8 Å². The van der Waals surface area contributed by atoms with Crippen molar-refractivity contribution in [3.63, 3.8) is 0 Å². The van der Waals surface area contributed by atoms with Gasteiger partial charge in [-0.3, -0.25) is 5.10 Å². The van der Waals surface area contributed by atoms with Gasteiger partial charge < -0.3 is 5.11 Å². The van der Waals surface area contributed by atoms with Crippen molar-refractivity contribution >= 4 is 11.8 Å². The number of aromatic amines is 1. The monoisotopic (exact) mass is 221 g/mol. The van der Waals surface area contributed by atoms with E-state index >= 15 is 0 Å². The zero-order valence-corrected chi connectivity index (χ0v) is 9.03. The van der Waals surface area contributed by atoms with E-state index in [0.29, 0.717) is 0 Å². The van der Waals surface area contributed by atoms with Gasteiger partial charge in [-0.05, 0) is 24.6 Å². The summed E-state index contributed by atoms with van der Waals surface area (Å²) in [7, 11) is 0. The average molecular weight is 221 g/mol. The van der Waals surface area contributed by atoms with Gasteiger partial charge in [0, 0.05) is 4.90 Å². The predicted molar refractivity (Wildman–Crippen MR) is 57.6 cm³/mol. The van der Waals surface area contributed by atoms with Gasteiger partial charge in [0.05, 0.1) is 6.10 Å². The molecule has 0 radical (unpaired) electrons. The second-order valence-electron chi connectivity index (χ2n) is 3.14. The standard InChI is InChI=1S/C10H11N3OS/c1-7(14)8-2-4-9(5-3-8)15-10-11-6-12-13-10/h2-7,14H,1H3,(H,11,12,13). The molecule has 0 aliphatic heterocycles. The lowest BCUT2D eigenvalue weighted by Crippen LogP contribution is -1.89. The van der Waals surface area contributed by atoms with Gasteiger partial charge in [0.2, 0.25) is 0 Å². The van der Waals surface area contributed by atoms with Gasteiger partial charge in [-0.2, -0.15) is 5.10 Å². The molecule has 2 aromatic rings. The van der Waals surface area contributed by atoms with Crippen molar-refractivity contribution in [2.24, 2.45) is 0 Å². The topological polar surface area (TPSA) is 61.8 Å². The van der Waals surface area contributed by atoms with E-state index in [9.17, 15) is 5.11 Å². The minimum Gasteiger partial charge on any atom is -0.389 e. The normalized spacial score (nSPS) is 12.7. The second-order valence-corrected chi connectivity index (χ2v) is 4.20. The van der Waals surface area contributed by atoms with Gasteiger partial charge in [-0.25, -0.2) is 4.98 Å². The molecule has 0 fully saturated rings. The lowest BCUT2D eigenvalue weighted by Gasteiger charge is -2.04. The zero-order chi connectivity index (χ0) is 10.7. The Hall–Kier alpha value is -1.33. The van der Waals surface area contributed by atoms with E-state index in [-0.39, 0.29) is 0 Å². The highest BCUT2D eigenvalue weighted by Crippen LogP contribution is 2.25. The molecule has 1 atom stereocenters. The van der Waals surface area contributed by atoms with Gasteiger partial charge in [0.15, 0.2) is 5.16 Å². The summed E-state index contributed by atoms with van der Waals surface area (Å²) in [5, 5.41) is 16.6. The van der Waals surface area contributed by atoms with E-state index in [1.807, 2.05) is 24.3 Å². The Balaban J connectivity index is 2.11. The largest absolute Gasteiger partial charge is 0.389 e. The maximum absolute atomic E-state index is 9.34. The molecule has 2 N–H and O–H groups in total. The van der Waals surface area contributed by atoms with Crippen LogP contribution in [-0.2, 0) is 0 Å². The van der Waals surface area contributed by atoms with Crippen LogP contribution >= 0.6 is 11.8 Å². The van der Waals surface area contributed by atoms with Gasteiger partial charge in [-0.1, -0.05) is 23.9 Å². The first-order valence-electron chi connectivity index (χ1n) is 4.57. The van der Waals surface area contributed by atoms with E-state index in [0.717, 1.165) is 15.6 Å². The van der Waals surface area contributed by atoms with Gasteiger partial charge in [-0.15, -0.1) is 0 Å². The number of H-pyrrole nitrogens is 1. The summed E-state index contributed by atoms with van der Waals surface area (Å²) in [4.78, 5) is 5.08. The number of nitrogens with zero attached hydrogens (tertiary/aromatic N) is 2. The summed E-state index contributed by atoms with van der Waals surface area (Å²) in [5.41, 5.74) is 0.914. The van der Waals surface area contributed by atoms with Crippen molar-refractivity contribution in [2.45, 2.75) is 23.1 Å². The Bertz CT molecular complexity index is 411. The Kier molecular flexibility index (Phi) is 3.03. The molecule has 0 aliphatic rings. The van der Waals surface area contributed by atoms with E-state index in [4.69, 9.17) is 0 Å². The van der Waals surface area contributed by atoms with Crippen LogP contribution in [0.2, 0.25) is 0 Å². The molecule has 1 heterocycles. The molecule has 0 saturated carbocycles. The molecule has 1 unspecified atom stereocenters. The van der Waals surface area contributed by atoms with Crippen molar-refractivity contribution in [2.75, 3.05) is 0 Å². The number of aliphatic hydroxyl groups is 1. The molecule has 15 heavy (non-hydrogen) atoms. The predicted octanol–water partition coefficient (Wildman–Crippen LogP) is 2.01. The van der Waals surface area contributed by atoms with E-state index in [1.54, 1.807) is 6.92 Å². The lowest BCUT2D eigenvalue weighted by atomic mass is 10.1. The number of hydrogen-bond donors (Lipinski definition) is 2. The maximum atomic E-state index is 9.34. The summed E-state index contributed by atoms with van der Waals surface area (Å²) in [5.74, 6) is 0. The summed E-state index contributed by atoms with van der Waals surface area (Å²) in [6.45, 7) is 1.75. The molecule has 0 spiro atoms. The molecular formula is C10H11N3OS. The van der Waals surface area contributed by atoms with Crippen LogP contribution in [0.1, 0.15) is 18.6 Å². The number of rotatable bonds is 3. The SMILES string of the molecule is CC(O)c1ccc(Sc2ncn[nH]2)cc1. The molecular weight excluding hydrogens is 210 g/mol. The first-order valence-corrected chi connectivity index (χ1v) is 5.38. The maximum Gasteiger partial charge on any atom is 0.188 e. The van der Waals surface area contributed by atoms with Crippen molar-refractivity contribution in [1.29, 1.82) is 0 Å². The van der Waals surface area contributed by atoms with Crippen molar-refractivity contribution < 1.29 is 5.11 Å². The Morgan fingerprint density at radius 2 is 2.07 bits per heavy atom. The first-order chi connectivity index (χ1) is 7.25. The fourth-order valence-electron chi connectivity index (χ4n) is 1.17. The van der Waals surface area contributed by atoms with Crippen LogP contribution in [0.25, 0.3) is 0 Å². The van der Waals surface area contributed by atoms with E-state index in [2.05, 4.69) is 15.2 Å². The molecule has 5 heteroatoms. The van der Waals surface area contributed by atoms with Crippen molar-refractivity contribution in [1.82, 2.24) is 15.2 Å². The molecule has 0 bridgehead atoms. The van der Waals surface area contributed by atoms with Gasteiger partial charge in [0.1, 0.15) is 6.33 Å².